The number of nitrogens with zero attached hydrogens (tertiary/aromatic N) is 1. The molecule has 5 nitrogen and oxygen atoms in total. The molecule has 2 aromatic rings. The maximum Gasteiger partial charge on any atom is 0.257 e. The number of aromatic nitrogens is 1. The van der Waals surface area contributed by atoms with E-state index in [9.17, 15) is 9.90 Å². The van der Waals surface area contributed by atoms with Crippen LogP contribution in [0.1, 0.15) is 16.8 Å². The molecule has 0 aliphatic carbocycles. The van der Waals surface area contributed by atoms with E-state index in [1.807, 2.05) is 50.2 Å². The average Bonchev–Trinajstić information content (AvgIpc) is 2.58. The summed E-state index contributed by atoms with van der Waals surface area (Å²) in [4.78, 5) is 16.2. The van der Waals surface area contributed by atoms with Crippen molar-refractivity contribution in [3.05, 3.63) is 59.4 Å². The number of carbonyl (C=O) groups is 1. The lowest BCUT2D eigenvalue weighted by Gasteiger charge is -2.15. The topological polar surface area (TPSA) is 71.5 Å². The Kier molecular flexibility index (Phi) is 6.75. The molecule has 0 fully saturated rings. The predicted molar refractivity (Wildman–Crippen MR) is 92.9 cm³/mol. The van der Waals surface area contributed by atoms with Crippen LogP contribution in [0, 0.1) is 19.8 Å². The largest absolute Gasteiger partial charge is 0.484 e. The fraction of sp³-hybridized carbons (Fsp3) is 0.368. The van der Waals surface area contributed by atoms with Crippen LogP contribution in [0.2, 0.25) is 0 Å². The van der Waals surface area contributed by atoms with Crippen LogP contribution in [-0.4, -0.2) is 35.8 Å². The highest BCUT2D eigenvalue weighted by Crippen LogP contribution is 2.18. The summed E-state index contributed by atoms with van der Waals surface area (Å²) in [6, 6.07) is 11.5. The molecule has 1 amide bonds. The maximum absolute atomic E-state index is 11.9. The Bertz CT molecular complexity index is 659. The zero-order valence-corrected chi connectivity index (χ0v) is 14.2. The van der Waals surface area contributed by atoms with E-state index in [1.54, 1.807) is 6.20 Å². The minimum atomic E-state index is -0.200. The molecule has 1 heterocycles. The summed E-state index contributed by atoms with van der Waals surface area (Å²) < 4.78 is 5.55. The first-order valence-corrected chi connectivity index (χ1v) is 8.06. The number of hydrogen-bond donors (Lipinski definition) is 2. The average molecular weight is 328 g/mol. The SMILES string of the molecule is Cc1ccc(OCC(=O)NCC(CO)Cc2ccccn2)c(C)c1. The molecule has 0 aliphatic rings. The monoisotopic (exact) mass is 328 g/mol. The molecule has 2 rings (SSSR count). The van der Waals surface area contributed by atoms with Crippen molar-refractivity contribution in [3.8, 4) is 5.75 Å². The Labute approximate surface area is 142 Å². The van der Waals surface area contributed by atoms with Crippen molar-refractivity contribution in [1.82, 2.24) is 10.3 Å². The molecule has 1 aromatic heterocycles. The van der Waals surface area contributed by atoms with E-state index in [-0.39, 0.29) is 25.0 Å². The van der Waals surface area contributed by atoms with E-state index in [0.717, 1.165) is 16.8 Å². The lowest BCUT2D eigenvalue weighted by atomic mass is 10.0. The van der Waals surface area contributed by atoms with Gasteiger partial charge in [0.15, 0.2) is 6.61 Å². The fourth-order valence-corrected chi connectivity index (χ4v) is 2.43. The third-order valence-electron chi connectivity index (χ3n) is 3.76. The van der Waals surface area contributed by atoms with Crippen LogP contribution in [0.25, 0.3) is 0 Å². The number of aryl methyl sites for hydroxylation is 2. The summed E-state index contributed by atoms with van der Waals surface area (Å²) in [7, 11) is 0. The Morgan fingerprint density at radius 3 is 2.79 bits per heavy atom. The second kappa shape index (κ2) is 9.03. The third-order valence-corrected chi connectivity index (χ3v) is 3.76. The van der Waals surface area contributed by atoms with Crippen molar-refractivity contribution in [2.75, 3.05) is 19.8 Å². The number of amides is 1. The molecule has 0 bridgehead atoms. The van der Waals surface area contributed by atoms with Crippen LogP contribution in [0.15, 0.2) is 42.6 Å². The number of hydrogen-bond acceptors (Lipinski definition) is 4. The van der Waals surface area contributed by atoms with Gasteiger partial charge in [-0.15, -0.1) is 0 Å². The molecule has 0 radical (unpaired) electrons. The maximum atomic E-state index is 11.9. The van der Waals surface area contributed by atoms with Gasteiger partial charge in [0.05, 0.1) is 0 Å². The first-order chi connectivity index (χ1) is 11.6. The van der Waals surface area contributed by atoms with Gasteiger partial charge in [-0.25, -0.2) is 0 Å². The second-order valence-electron chi connectivity index (χ2n) is 5.94. The molecule has 128 valence electrons. The molecular weight excluding hydrogens is 304 g/mol. The van der Waals surface area contributed by atoms with E-state index in [2.05, 4.69) is 10.3 Å². The van der Waals surface area contributed by atoms with Crippen molar-refractivity contribution in [2.24, 2.45) is 5.92 Å². The fourth-order valence-electron chi connectivity index (χ4n) is 2.43. The Morgan fingerprint density at radius 2 is 2.12 bits per heavy atom. The van der Waals surface area contributed by atoms with Crippen LogP contribution in [0.4, 0.5) is 0 Å². The van der Waals surface area contributed by atoms with Crippen molar-refractivity contribution in [1.29, 1.82) is 0 Å². The van der Waals surface area contributed by atoms with Crippen LogP contribution in [0.3, 0.4) is 0 Å². The lowest BCUT2D eigenvalue weighted by Crippen LogP contribution is -2.35. The van der Waals surface area contributed by atoms with Crippen molar-refractivity contribution < 1.29 is 14.6 Å². The molecule has 0 saturated heterocycles. The molecule has 5 heteroatoms. The molecule has 1 aromatic carbocycles. The van der Waals surface area contributed by atoms with Gasteiger partial charge in [0.1, 0.15) is 5.75 Å². The summed E-state index contributed by atoms with van der Waals surface area (Å²) in [6.45, 7) is 4.32. The number of pyridine rings is 1. The molecule has 24 heavy (non-hydrogen) atoms. The lowest BCUT2D eigenvalue weighted by molar-refractivity contribution is -0.123. The van der Waals surface area contributed by atoms with Crippen LogP contribution in [0.5, 0.6) is 5.75 Å². The predicted octanol–water partition coefficient (Wildman–Crippen LogP) is 2.04. The van der Waals surface area contributed by atoms with Gasteiger partial charge >= 0.3 is 0 Å². The van der Waals surface area contributed by atoms with Crippen LogP contribution < -0.4 is 10.1 Å². The summed E-state index contributed by atoms with van der Waals surface area (Å²) in [6.07, 6.45) is 2.34. The summed E-state index contributed by atoms with van der Waals surface area (Å²) in [5.74, 6) is 0.447. The van der Waals surface area contributed by atoms with Gasteiger partial charge in [-0.3, -0.25) is 9.78 Å². The highest BCUT2D eigenvalue weighted by atomic mass is 16.5. The second-order valence-corrected chi connectivity index (χ2v) is 5.94. The number of benzene rings is 1. The van der Waals surface area contributed by atoms with Crippen molar-refractivity contribution in [3.63, 3.8) is 0 Å². The minimum Gasteiger partial charge on any atom is -0.484 e. The Balaban J connectivity index is 1.77. The zero-order chi connectivity index (χ0) is 17.4. The summed E-state index contributed by atoms with van der Waals surface area (Å²) in [5.41, 5.74) is 3.06. The molecule has 2 N–H and O–H groups in total. The molecule has 0 aliphatic heterocycles. The van der Waals surface area contributed by atoms with E-state index in [4.69, 9.17) is 4.74 Å². The van der Waals surface area contributed by atoms with Gasteiger partial charge in [-0.1, -0.05) is 23.8 Å². The van der Waals surface area contributed by atoms with E-state index in [0.29, 0.717) is 18.7 Å². The summed E-state index contributed by atoms with van der Waals surface area (Å²) >= 11 is 0. The van der Waals surface area contributed by atoms with Gasteiger partial charge in [0.2, 0.25) is 0 Å². The van der Waals surface area contributed by atoms with Gasteiger partial charge in [-0.2, -0.15) is 0 Å². The van der Waals surface area contributed by atoms with Gasteiger partial charge in [0, 0.05) is 31.0 Å². The smallest absolute Gasteiger partial charge is 0.257 e. The number of rotatable bonds is 8. The molecule has 0 spiro atoms. The van der Waals surface area contributed by atoms with Gasteiger partial charge in [0.25, 0.3) is 5.91 Å². The number of aliphatic hydroxyl groups excluding tert-OH is 1. The number of nitrogens with one attached hydrogen (secondary N) is 1. The highest BCUT2D eigenvalue weighted by Gasteiger charge is 2.12. The number of aliphatic hydroxyl groups is 1. The normalized spacial score (nSPS) is 11.8. The summed E-state index contributed by atoms with van der Waals surface area (Å²) in [5, 5.41) is 12.3. The zero-order valence-electron chi connectivity index (χ0n) is 14.2. The Hall–Kier alpha value is -2.40. The van der Waals surface area contributed by atoms with E-state index < -0.39 is 0 Å². The molecule has 0 saturated carbocycles. The first-order valence-electron chi connectivity index (χ1n) is 8.06. The standard InChI is InChI=1S/C19H24N2O3/c1-14-6-7-18(15(2)9-14)24-13-19(23)21-11-16(12-22)10-17-5-3-4-8-20-17/h3-9,16,22H,10-13H2,1-2H3,(H,21,23). The van der Waals surface area contributed by atoms with Crippen LogP contribution in [-0.2, 0) is 11.2 Å². The van der Waals surface area contributed by atoms with Gasteiger partial charge in [-0.05, 0) is 44.0 Å². The van der Waals surface area contributed by atoms with Crippen molar-refractivity contribution >= 4 is 5.91 Å². The Morgan fingerprint density at radius 1 is 1.29 bits per heavy atom. The van der Waals surface area contributed by atoms with Crippen molar-refractivity contribution in [2.45, 2.75) is 20.3 Å². The van der Waals surface area contributed by atoms with Crippen LogP contribution >= 0.6 is 0 Å². The molecule has 1 unspecified atom stereocenters. The van der Waals surface area contributed by atoms with E-state index >= 15 is 0 Å². The first kappa shape index (κ1) is 17.9. The molecular formula is C19H24N2O3. The third kappa shape index (κ3) is 5.66. The highest BCUT2D eigenvalue weighted by molar-refractivity contribution is 5.77. The molecule has 1 atom stereocenters. The minimum absolute atomic E-state index is 0.00518. The number of ether oxygens (including phenoxy) is 1. The van der Waals surface area contributed by atoms with E-state index in [1.165, 1.54) is 0 Å². The number of carbonyl (C=O) groups excluding carboxylic acids is 1. The van der Waals surface area contributed by atoms with Gasteiger partial charge < -0.3 is 15.2 Å². The quantitative estimate of drug-likeness (QED) is 0.778.